The third-order valence-corrected chi connectivity index (χ3v) is 5.82. The van der Waals surface area contributed by atoms with Crippen molar-refractivity contribution in [2.24, 2.45) is 0 Å². The maximum Gasteiger partial charge on any atom is 2.00 e. The van der Waals surface area contributed by atoms with Crippen LogP contribution in [0.3, 0.4) is 0 Å². The monoisotopic (exact) mass is 694 g/mol. The van der Waals surface area contributed by atoms with E-state index in [0.717, 1.165) is 0 Å². The van der Waals surface area contributed by atoms with E-state index in [0.29, 0.717) is 0 Å². The molecule has 0 aliphatic rings. The summed E-state index contributed by atoms with van der Waals surface area (Å²) in [6, 6.07) is 21.7. The van der Waals surface area contributed by atoms with Crippen LogP contribution in [0.5, 0.6) is 0 Å². The largest absolute Gasteiger partial charge is 2.00 e. The van der Waals surface area contributed by atoms with Crippen LogP contribution in [0.2, 0.25) is 0 Å². The summed E-state index contributed by atoms with van der Waals surface area (Å²) in [6.07, 6.45) is 22.1. The summed E-state index contributed by atoms with van der Waals surface area (Å²) < 4.78 is 0. The summed E-state index contributed by atoms with van der Waals surface area (Å²) in [4.78, 5) is 53.5. The number of hydrogen-bond acceptors (Lipinski definition) is 8. The Bertz CT molecular complexity index is 793. The molecule has 6 nitrogen and oxygen atoms in total. The minimum absolute atomic E-state index is 0. The molecule has 0 atom stereocenters. The minimum atomic E-state index is -4.56. The zero-order chi connectivity index (χ0) is 30.5. The summed E-state index contributed by atoms with van der Waals surface area (Å²) in [6.45, 7) is -4.56. The third kappa shape index (κ3) is 50.1. The summed E-state index contributed by atoms with van der Waals surface area (Å²) in [5.74, 6) is 0. The van der Waals surface area contributed by atoms with E-state index in [1.807, 2.05) is 0 Å². The van der Waals surface area contributed by atoms with Crippen molar-refractivity contribution in [3.63, 3.8) is 0 Å². The predicted octanol–water partition coefficient (Wildman–Crippen LogP) is 4.54. The molecular formula is C30H48O6P2S2Zn-4. The molecule has 0 saturated heterocycles. The number of hydrogen-bond donors (Lipinski definition) is 0. The molecule has 232 valence electrons. The van der Waals surface area contributed by atoms with Crippen molar-refractivity contribution in [3.8, 4) is 0 Å². The van der Waals surface area contributed by atoms with E-state index >= 15 is 0 Å². The van der Waals surface area contributed by atoms with Crippen molar-refractivity contribution in [1.29, 1.82) is 0 Å². The predicted molar refractivity (Wildman–Crippen MR) is 165 cm³/mol. The number of aryl methyl sites for hydroxylation is 2. The van der Waals surface area contributed by atoms with Crippen molar-refractivity contribution >= 4 is 37.1 Å². The molecule has 0 fully saturated rings. The van der Waals surface area contributed by atoms with Gasteiger partial charge in [-0.2, -0.15) is 23.6 Å². The van der Waals surface area contributed by atoms with E-state index < -0.39 is 13.4 Å². The first kappa shape index (κ1) is 45.6. The van der Waals surface area contributed by atoms with Gasteiger partial charge in [0, 0.05) is 0 Å². The van der Waals surface area contributed by atoms with Crippen molar-refractivity contribution in [2.75, 3.05) is 0 Å². The Morgan fingerprint density at radius 1 is 0.439 bits per heavy atom. The van der Waals surface area contributed by atoms with Crippen molar-refractivity contribution in [1.82, 2.24) is 0 Å². The fourth-order valence-corrected chi connectivity index (χ4v) is 3.86. The molecule has 2 aromatic carbocycles. The van der Waals surface area contributed by atoms with Gasteiger partial charge < -0.3 is 42.8 Å². The van der Waals surface area contributed by atoms with Gasteiger partial charge in [-0.15, -0.1) is 0 Å². The molecule has 0 aliphatic heterocycles. The minimum Gasteiger partial charge on any atom is -0.844 e. The summed E-state index contributed by atoms with van der Waals surface area (Å²) in [5, 5.41) is 0. The Balaban J connectivity index is -0.000000523. The van der Waals surface area contributed by atoms with Gasteiger partial charge in [0.25, 0.3) is 0 Å². The smallest absolute Gasteiger partial charge is 0.844 e. The van der Waals surface area contributed by atoms with Crippen LogP contribution >= 0.6 is 13.4 Å². The average molecular weight is 696 g/mol. The Labute approximate surface area is 272 Å². The van der Waals surface area contributed by atoms with Gasteiger partial charge in [-0.3, -0.25) is 0 Å². The number of rotatable bonds is 16. The van der Waals surface area contributed by atoms with Crippen LogP contribution in [0.25, 0.3) is 0 Å². The molecular weight excluding hydrogens is 648 g/mol. The van der Waals surface area contributed by atoms with Crippen molar-refractivity contribution in [3.05, 3.63) is 71.8 Å². The van der Waals surface area contributed by atoms with Crippen LogP contribution in [0.15, 0.2) is 60.7 Å². The molecule has 0 amide bonds. The van der Waals surface area contributed by atoms with E-state index in [9.17, 15) is 0 Å². The Kier molecular flexibility index (Phi) is 35.0. The molecule has 0 spiro atoms. The normalized spacial score (nSPS) is 10.5. The van der Waals surface area contributed by atoms with Crippen LogP contribution in [-0.2, 0) is 55.9 Å². The van der Waals surface area contributed by atoms with E-state index in [2.05, 4.69) is 98.1 Å². The van der Waals surface area contributed by atoms with Gasteiger partial charge in [-0.1, -0.05) is 152 Å². The fourth-order valence-electron chi connectivity index (χ4n) is 3.86. The second kappa shape index (κ2) is 31.5. The first-order valence-corrected chi connectivity index (χ1v) is 19.5. The second-order valence-corrected chi connectivity index (χ2v) is 14.1. The van der Waals surface area contributed by atoms with Crippen LogP contribution < -0.4 is 29.4 Å². The summed E-state index contributed by atoms with van der Waals surface area (Å²) in [7, 11) is 0. The average Bonchev–Trinajstić information content (AvgIpc) is 2.87. The van der Waals surface area contributed by atoms with Gasteiger partial charge >= 0.3 is 19.5 Å². The van der Waals surface area contributed by atoms with Crippen molar-refractivity contribution < 1.29 is 48.8 Å². The molecule has 2 aromatic rings. The second-order valence-electron chi connectivity index (χ2n) is 9.61. The molecule has 41 heavy (non-hydrogen) atoms. The van der Waals surface area contributed by atoms with Gasteiger partial charge in [0.2, 0.25) is 0 Å². The molecule has 0 radical (unpaired) electrons. The number of unbranched alkanes of at least 4 members (excludes halogenated alkanes) is 12. The molecule has 11 heteroatoms. The molecule has 2 rings (SSSR count). The van der Waals surface area contributed by atoms with Crippen LogP contribution in [0.4, 0.5) is 0 Å². The van der Waals surface area contributed by atoms with Gasteiger partial charge in [-0.05, 0) is 36.8 Å². The summed E-state index contributed by atoms with van der Waals surface area (Å²) >= 11 is 6.54. The zero-order valence-electron chi connectivity index (χ0n) is 25.0. The maximum absolute atomic E-state index is 8.92. The van der Waals surface area contributed by atoms with Gasteiger partial charge in [0.1, 0.15) is 0 Å². The molecule has 0 aromatic heterocycles. The van der Waals surface area contributed by atoms with E-state index in [1.54, 1.807) is 0 Å². The van der Waals surface area contributed by atoms with E-state index in [1.165, 1.54) is 114 Å². The molecule has 0 unspecified atom stereocenters. The fraction of sp³-hybridized carbons (Fsp3) is 0.600. The van der Waals surface area contributed by atoms with E-state index in [4.69, 9.17) is 29.4 Å². The first-order chi connectivity index (χ1) is 18.9. The first-order valence-electron chi connectivity index (χ1n) is 14.4. The van der Waals surface area contributed by atoms with Gasteiger partial charge in [-0.25, -0.2) is 0 Å². The molecule has 0 N–H and O–H groups in total. The topological polar surface area (TPSA) is 138 Å². The Morgan fingerprint density at radius 3 is 0.902 bits per heavy atom. The standard InChI is InChI=1S/2C15H24.2H3O3PS.Zn/c2*1-2-3-4-5-6-7-9-12-15-13-10-8-11-14-15;2*1-4(2,3)5;/h2*8,10-11,13-14H,2-7,9,12H2,1H3;2*(H3,1,2,3,5);/q;;;;+2/p-6. The van der Waals surface area contributed by atoms with Crippen molar-refractivity contribution in [2.45, 2.75) is 117 Å². The number of benzene rings is 2. The quantitative estimate of drug-likeness (QED) is 0.142. The third-order valence-electron chi connectivity index (χ3n) is 5.82. The zero-order valence-corrected chi connectivity index (χ0v) is 31.3. The van der Waals surface area contributed by atoms with Gasteiger partial charge in [0.15, 0.2) is 0 Å². The molecule has 0 saturated carbocycles. The molecule has 0 heterocycles. The maximum atomic E-state index is 8.92. The Morgan fingerprint density at radius 2 is 0.659 bits per heavy atom. The van der Waals surface area contributed by atoms with Crippen LogP contribution in [-0.4, -0.2) is 0 Å². The Hall–Kier alpha value is 0.123. The van der Waals surface area contributed by atoms with Crippen LogP contribution in [0, 0.1) is 0 Å². The summed E-state index contributed by atoms with van der Waals surface area (Å²) in [5.41, 5.74) is 2.98. The molecule has 0 bridgehead atoms. The van der Waals surface area contributed by atoms with E-state index in [-0.39, 0.29) is 19.5 Å². The molecule has 0 aliphatic carbocycles. The van der Waals surface area contributed by atoms with Gasteiger partial charge in [0.05, 0.1) is 0 Å². The van der Waals surface area contributed by atoms with Crippen LogP contribution in [0.1, 0.15) is 115 Å². The SMILES string of the molecule is CCCCCCCCCc1ccccc1.CCCCCCCCCc1ccccc1.[O-]P([O-])([O-])=S.[O-]P([O-])([O-])=S.[Zn+2].